The second kappa shape index (κ2) is 56.4. The van der Waals surface area contributed by atoms with Crippen LogP contribution in [0.2, 0.25) is 0 Å². The van der Waals surface area contributed by atoms with E-state index in [2.05, 4.69) is 38.3 Å². The SMILES string of the molecule is CCCCCCCCCCCCCC(=O)NC(CCCCCCCCC)CC[C@H](O)CO.[2H][Si]([B])(OC[C@@H](O)CCC(CCCCCCCCC)NC(=O)CCCCCCCCCCCCC)P[3H]. The lowest BCUT2D eigenvalue weighted by atomic mass is 10.00. The zero-order chi connectivity index (χ0) is 51.3. The van der Waals surface area contributed by atoms with Gasteiger partial charge in [-0.1, -0.05) is 246 Å². The van der Waals surface area contributed by atoms with Gasteiger partial charge in [0.15, 0.2) is 0 Å². The van der Waals surface area contributed by atoms with Gasteiger partial charge in [-0.2, -0.15) is 0 Å². The van der Waals surface area contributed by atoms with Crippen molar-refractivity contribution < 1.29 is 29.3 Å². The van der Waals surface area contributed by atoms with Crippen molar-refractivity contribution in [2.75, 3.05) is 13.2 Å². The summed E-state index contributed by atoms with van der Waals surface area (Å²) in [5, 5.41) is 35.5. The van der Waals surface area contributed by atoms with Crippen molar-refractivity contribution in [1.82, 2.24) is 10.6 Å². The van der Waals surface area contributed by atoms with E-state index < -0.39 is 29.5 Å². The molecule has 0 saturated heterocycles. The summed E-state index contributed by atoms with van der Waals surface area (Å²) in [6.45, 7) is 8.80. The molecule has 4 unspecified atom stereocenters. The molecule has 6 atom stereocenters. The van der Waals surface area contributed by atoms with Gasteiger partial charge in [-0.25, -0.2) is 0 Å². The van der Waals surface area contributed by atoms with Crippen molar-refractivity contribution in [3.05, 3.63) is 0 Å². The lowest BCUT2D eigenvalue weighted by Gasteiger charge is -2.21. The van der Waals surface area contributed by atoms with Crippen LogP contribution in [0, 0.1) is 0 Å². The Labute approximate surface area is 425 Å². The highest BCUT2D eigenvalue weighted by molar-refractivity contribution is 7.70. The molecule has 0 spiro atoms. The van der Waals surface area contributed by atoms with Crippen LogP contribution in [0.3, 0.4) is 0 Å². The summed E-state index contributed by atoms with van der Waals surface area (Å²) in [6, 6.07) is 0.200. The molecule has 0 heterocycles. The summed E-state index contributed by atoms with van der Waals surface area (Å²) < 4.78 is 20.4. The summed E-state index contributed by atoms with van der Waals surface area (Å²) in [5.41, 5.74) is 0. The third kappa shape index (κ3) is 56.3. The second-order valence-corrected chi connectivity index (χ2v) is 22.7. The number of carbonyl (C=O) groups is 2. The monoisotopic (exact) mass is 986 g/mol. The predicted octanol–water partition coefficient (Wildman–Crippen LogP) is 14.7. The normalized spacial score (nSPS) is 14.7. The molecule has 0 aromatic heterocycles. The summed E-state index contributed by atoms with van der Waals surface area (Å²) >= 11 is 0. The molecule has 8 nitrogen and oxygen atoms in total. The van der Waals surface area contributed by atoms with Crippen LogP contribution in [-0.4, -0.2) is 83.1 Å². The first-order valence-corrected chi connectivity index (χ1v) is 32.1. The van der Waals surface area contributed by atoms with Gasteiger partial charge in [-0.05, 0) is 51.4 Å². The Morgan fingerprint density at radius 3 is 1.07 bits per heavy atom. The predicted molar refractivity (Wildman–Crippen MR) is 297 cm³/mol. The van der Waals surface area contributed by atoms with Crippen LogP contribution in [0.25, 0.3) is 0 Å². The van der Waals surface area contributed by atoms with Crippen LogP contribution in [0.5, 0.6) is 0 Å². The van der Waals surface area contributed by atoms with Crippen molar-refractivity contribution >= 4 is 36.5 Å². The van der Waals surface area contributed by atoms with Crippen LogP contribution in [0.4, 0.5) is 0 Å². The lowest BCUT2D eigenvalue weighted by molar-refractivity contribution is -0.122. The fourth-order valence-electron chi connectivity index (χ4n) is 8.92. The van der Waals surface area contributed by atoms with Crippen molar-refractivity contribution in [2.45, 2.75) is 335 Å². The van der Waals surface area contributed by atoms with E-state index in [1.165, 1.54) is 193 Å². The number of aliphatic hydroxyl groups excluding tert-OH is 3. The minimum atomic E-state index is -3.18. The molecule has 0 aromatic carbocycles. The molecule has 0 saturated carbocycles. The van der Waals surface area contributed by atoms with E-state index in [0.29, 0.717) is 32.1 Å². The third-order valence-corrected chi connectivity index (χ3v) is 14.3. The second-order valence-electron chi connectivity index (χ2n) is 20.2. The summed E-state index contributed by atoms with van der Waals surface area (Å²) in [6.07, 6.45) is 50.1. The maximum atomic E-state index is 12.6. The van der Waals surface area contributed by atoms with Crippen molar-refractivity contribution in [3.8, 4) is 0 Å². The van der Waals surface area contributed by atoms with Crippen molar-refractivity contribution in [2.24, 2.45) is 0 Å². The first kappa shape index (κ1) is 64.5. The Kier molecular flexibility index (Phi) is 54.3. The smallest absolute Gasteiger partial charge is 0.220 e. The fraction of sp³-hybridized carbons (Fsp3) is 0.964. The van der Waals surface area contributed by atoms with E-state index in [-0.39, 0.29) is 37.1 Å². The Morgan fingerprint density at radius 1 is 0.493 bits per heavy atom. The highest BCUT2D eigenvalue weighted by Gasteiger charge is 2.16. The molecule has 67 heavy (non-hydrogen) atoms. The molecule has 2 amide bonds. The van der Waals surface area contributed by atoms with E-state index in [4.69, 9.17) is 19.5 Å². The number of hydrogen-bond acceptors (Lipinski definition) is 6. The highest BCUT2D eigenvalue weighted by atomic mass is 31.3. The van der Waals surface area contributed by atoms with Gasteiger partial charge in [0.05, 0.1) is 34.1 Å². The number of carbonyl (C=O) groups excluding carboxylic acids is 2. The molecule has 0 aromatic rings. The first-order valence-electron chi connectivity index (χ1n) is 30.2. The molecule has 0 aliphatic heterocycles. The van der Waals surface area contributed by atoms with Crippen LogP contribution in [0.1, 0.15) is 310 Å². The quantitative estimate of drug-likeness (QED) is 0.0235. The zero-order valence-electron chi connectivity index (χ0n) is 47.0. The van der Waals surface area contributed by atoms with E-state index in [0.717, 1.165) is 57.8 Å². The average molecular weight is 986 g/mol. The van der Waals surface area contributed by atoms with Crippen molar-refractivity contribution in [3.63, 3.8) is 0 Å². The first-order chi connectivity index (χ1) is 33.5. The van der Waals surface area contributed by atoms with Crippen molar-refractivity contribution in [1.29, 1.82) is 2.51 Å². The zero-order valence-corrected chi connectivity index (χ0v) is 47.0. The van der Waals surface area contributed by atoms with Crippen LogP contribution >= 0.6 is 8.73 Å². The molecule has 2 radical (unpaired) electrons. The molecule has 0 fully saturated rings. The summed E-state index contributed by atoms with van der Waals surface area (Å²) in [5.74, 6) is 0.289. The molecule has 0 aliphatic rings. The number of amides is 2. The molecule has 0 rings (SSSR count). The minimum absolute atomic E-state index is 0.00887. The third-order valence-electron chi connectivity index (χ3n) is 13.4. The number of nitrogens with one attached hydrogen (secondary N) is 2. The molecule has 5 N–H and O–H groups in total. The van der Waals surface area contributed by atoms with Gasteiger partial charge < -0.3 is 30.4 Å². The number of hydrogen-bond donors (Lipinski definition) is 5. The van der Waals surface area contributed by atoms with E-state index in [1.54, 1.807) is 0 Å². The Morgan fingerprint density at radius 2 is 0.776 bits per heavy atom. The number of aliphatic hydroxyl groups is 3. The lowest BCUT2D eigenvalue weighted by Crippen LogP contribution is -2.36. The van der Waals surface area contributed by atoms with Crippen LogP contribution in [0.15, 0.2) is 0 Å². The van der Waals surface area contributed by atoms with Crippen LogP contribution < -0.4 is 10.6 Å². The molecule has 0 aliphatic carbocycles. The molecular weight excluding hydrogens is 866 g/mol. The maximum Gasteiger partial charge on any atom is 0.220 e. The summed E-state index contributed by atoms with van der Waals surface area (Å²) in [4.78, 5) is 25.0. The average Bonchev–Trinajstić information content (AvgIpc) is 3.34. The van der Waals surface area contributed by atoms with Gasteiger partial charge in [0.1, 0.15) is 8.51 Å². The van der Waals surface area contributed by atoms with E-state index in [9.17, 15) is 19.8 Å². The van der Waals surface area contributed by atoms with Gasteiger partial charge in [-0.3, -0.25) is 9.59 Å². The number of rotatable bonds is 53. The molecule has 0 bridgehead atoms. The maximum absolute atomic E-state index is 12.6. The van der Waals surface area contributed by atoms with Gasteiger partial charge >= 0.3 is 0 Å². The van der Waals surface area contributed by atoms with E-state index in [1.807, 2.05) is 0 Å². The number of unbranched alkanes of at least 4 members (excludes halogenated alkanes) is 32. The van der Waals surface area contributed by atoms with Gasteiger partial charge in [0, 0.05) is 26.2 Å². The fourth-order valence-corrected chi connectivity index (χ4v) is 9.54. The molecule has 398 valence electrons. The summed E-state index contributed by atoms with van der Waals surface area (Å²) in [7, 11) is 2.00. The Balaban J connectivity index is 0. The topological polar surface area (TPSA) is 128 Å². The largest absolute Gasteiger partial charge is 0.422 e. The molecular formula is C56H116BN2O6PSi. The molecule has 11 heteroatoms. The van der Waals surface area contributed by atoms with Gasteiger partial charge in [0.2, 0.25) is 11.8 Å². The van der Waals surface area contributed by atoms with E-state index >= 15 is 0 Å². The Bertz CT molecular complexity index is 1080. The highest BCUT2D eigenvalue weighted by Crippen LogP contribution is 2.18. The van der Waals surface area contributed by atoms with Gasteiger partial charge in [0.25, 0.3) is 0 Å². The minimum Gasteiger partial charge on any atom is -0.422 e. The van der Waals surface area contributed by atoms with Gasteiger partial charge in [-0.15, -0.1) is 8.73 Å². The van der Waals surface area contributed by atoms with Crippen LogP contribution in [-0.2, 0) is 14.0 Å². The standard InChI is InChI=1S/C28H59BNO3PSi.C28H57NO3/c1-3-5-7-9-11-12-13-14-16-18-20-22-28(32)30-26(21-19-17-15-10-8-6-4-2)23-24-27(31)25-33-35(29)34;1-3-5-7-9-11-12-13-14-16-18-20-22-28(32)29-26(23-24-27(31)25-30)21-19-17-15-10-8-6-4-2/h26-27,31,35H,3-25,34H2,1-2H3,(H,30,32);26-27,30-31H,3-25H2,1-2H3,(H,29,32)/t26?,27-,35?;26?,27-/m00/s1/i34T,35D;/t26?,27-,34?,35?;. The Hall–Kier alpha value is -0.508.